The third kappa shape index (κ3) is 7.68. The van der Waals surface area contributed by atoms with Crippen LogP contribution >= 0.6 is 11.6 Å². The molecule has 1 saturated carbocycles. The molecule has 1 N–H and O–H groups in total. The van der Waals surface area contributed by atoms with E-state index in [4.69, 9.17) is 11.6 Å². The lowest BCUT2D eigenvalue weighted by Gasteiger charge is -2.30. The zero-order valence-corrected chi connectivity index (χ0v) is 23.1. The van der Waals surface area contributed by atoms with Gasteiger partial charge in [-0.15, -0.1) is 0 Å². The third-order valence-electron chi connectivity index (χ3n) is 6.83. The largest absolute Gasteiger partial charge is 0.352 e. The van der Waals surface area contributed by atoms with Crippen molar-refractivity contribution in [1.29, 1.82) is 0 Å². The van der Waals surface area contributed by atoms with Crippen LogP contribution in [0.2, 0.25) is 5.02 Å². The second-order valence-corrected chi connectivity index (χ2v) is 11.9. The van der Waals surface area contributed by atoms with Crippen LogP contribution in [0.1, 0.15) is 56.6 Å². The molecule has 1 aliphatic rings. The first-order valence-electron chi connectivity index (χ1n) is 12.5. The fourth-order valence-electron chi connectivity index (χ4n) is 4.63. The molecule has 2 amide bonds. The molecule has 0 aromatic heterocycles. The van der Waals surface area contributed by atoms with E-state index < -0.39 is 21.9 Å². The number of rotatable bonds is 11. The van der Waals surface area contributed by atoms with Gasteiger partial charge in [-0.25, -0.2) is 12.8 Å². The molecule has 0 aliphatic heterocycles. The first kappa shape index (κ1) is 28.9. The maximum Gasteiger partial charge on any atom is 0.242 e. The quantitative estimate of drug-likeness (QED) is 0.434. The Morgan fingerprint density at radius 2 is 1.81 bits per heavy atom. The van der Waals surface area contributed by atoms with E-state index in [0.717, 1.165) is 31.9 Å². The monoisotopic (exact) mass is 551 g/mol. The Hall–Kier alpha value is -2.65. The molecule has 1 aliphatic carbocycles. The summed E-state index contributed by atoms with van der Waals surface area (Å²) >= 11 is 6.20. The third-order valence-corrected chi connectivity index (χ3v) is 8.42. The van der Waals surface area contributed by atoms with E-state index in [2.05, 4.69) is 5.32 Å². The van der Waals surface area contributed by atoms with Gasteiger partial charge in [0.1, 0.15) is 11.9 Å². The van der Waals surface area contributed by atoms with Crippen LogP contribution in [0.4, 0.5) is 10.1 Å². The highest BCUT2D eigenvalue weighted by atomic mass is 35.5. The highest BCUT2D eigenvalue weighted by Gasteiger charge is 2.29. The van der Waals surface area contributed by atoms with Gasteiger partial charge in [-0.3, -0.25) is 13.9 Å². The van der Waals surface area contributed by atoms with Crippen molar-refractivity contribution in [3.8, 4) is 0 Å². The summed E-state index contributed by atoms with van der Waals surface area (Å²) in [7, 11) is -3.64. The molecule has 1 atom stereocenters. The van der Waals surface area contributed by atoms with Crippen molar-refractivity contribution in [3.63, 3.8) is 0 Å². The minimum Gasteiger partial charge on any atom is -0.352 e. The first-order chi connectivity index (χ1) is 17.5. The number of halogens is 2. The normalized spacial score (nSPS) is 14.8. The topological polar surface area (TPSA) is 86.8 Å². The summed E-state index contributed by atoms with van der Waals surface area (Å²) in [5, 5.41) is 3.46. The van der Waals surface area contributed by atoms with Gasteiger partial charge >= 0.3 is 0 Å². The van der Waals surface area contributed by atoms with Gasteiger partial charge in [-0.1, -0.05) is 48.7 Å². The van der Waals surface area contributed by atoms with E-state index in [1.165, 1.54) is 15.3 Å². The van der Waals surface area contributed by atoms with Crippen LogP contribution < -0.4 is 9.62 Å². The molecular weight excluding hydrogens is 517 g/mol. The lowest BCUT2D eigenvalue weighted by Crippen LogP contribution is -2.49. The molecule has 0 radical (unpaired) electrons. The standard InChI is InChI=1S/C27H35ClFN3O4S/c1-19-23(28)13-8-15-25(19)32(37(3,35)36)17-9-16-26(33)31(18-21-10-4-7-14-24(21)29)20(2)27(34)30-22-11-5-6-12-22/h4,7-8,10,13-15,20,22H,5-6,9,11-12,16-18H2,1-3H3,(H,30,34)/t20-/m0/s1. The zero-order chi connectivity index (χ0) is 27.2. The Morgan fingerprint density at radius 3 is 2.46 bits per heavy atom. The second kappa shape index (κ2) is 12.7. The molecule has 0 spiro atoms. The Bertz CT molecular complexity index is 1220. The van der Waals surface area contributed by atoms with Gasteiger partial charge in [0.25, 0.3) is 0 Å². The van der Waals surface area contributed by atoms with Crippen LogP contribution in [0.3, 0.4) is 0 Å². The van der Waals surface area contributed by atoms with Crippen LogP contribution in [0.25, 0.3) is 0 Å². The Balaban J connectivity index is 1.75. The summed E-state index contributed by atoms with van der Waals surface area (Å²) in [6, 6.07) is 10.5. The van der Waals surface area contributed by atoms with Gasteiger partial charge in [0.15, 0.2) is 0 Å². The molecule has 0 unspecified atom stereocenters. The summed E-state index contributed by atoms with van der Waals surface area (Å²) < 4.78 is 40.7. The summed E-state index contributed by atoms with van der Waals surface area (Å²) in [5.74, 6) is -1.08. The minimum absolute atomic E-state index is 0.0128. The van der Waals surface area contributed by atoms with Crippen molar-refractivity contribution >= 4 is 39.1 Å². The zero-order valence-electron chi connectivity index (χ0n) is 21.5. The van der Waals surface area contributed by atoms with Gasteiger partial charge in [0.05, 0.1) is 11.9 Å². The predicted molar refractivity (Wildman–Crippen MR) is 144 cm³/mol. The van der Waals surface area contributed by atoms with Crippen molar-refractivity contribution in [2.45, 2.75) is 71.0 Å². The minimum atomic E-state index is -3.64. The summed E-state index contributed by atoms with van der Waals surface area (Å²) in [6.45, 7) is 3.37. The Morgan fingerprint density at radius 1 is 1.14 bits per heavy atom. The number of amides is 2. The Kier molecular flexibility index (Phi) is 9.95. The van der Waals surface area contributed by atoms with E-state index >= 15 is 0 Å². The maximum atomic E-state index is 14.4. The fourth-order valence-corrected chi connectivity index (χ4v) is 5.82. The fraction of sp³-hybridized carbons (Fsp3) is 0.481. The van der Waals surface area contributed by atoms with Crippen molar-refractivity contribution in [1.82, 2.24) is 10.2 Å². The lowest BCUT2D eigenvalue weighted by atomic mass is 10.1. The van der Waals surface area contributed by atoms with E-state index in [1.807, 2.05) is 0 Å². The number of nitrogens with zero attached hydrogens (tertiary/aromatic N) is 2. The molecule has 37 heavy (non-hydrogen) atoms. The molecule has 7 nitrogen and oxygen atoms in total. The SMILES string of the molecule is Cc1c(Cl)cccc1N(CCCC(=O)N(Cc1ccccc1F)[C@@H](C)C(=O)NC1CCCC1)S(C)(=O)=O. The highest BCUT2D eigenvalue weighted by molar-refractivity contribution is 7.92. The second-order valence-electron chi connectivity index (χ2n) is 9.60. The number of hydrogen-bond acceptors (Lipinski definition) is 4. The number of carbonyl (C=O) groups is 2. The van der Waals surface area contributed by atoms with Crippen molar-refractivity contribution in [3.05, 3.63) is 64.4 Å². The summed E-state index contributed by atoms with van der Waals surface area (Å²) in [6.07, 6.45) is 5.23. The molecule has 2 aromatic rings. The number of hydrogen-bond donors (Lipinski definition) is 1. The molecule has 10 heteroatoms. The molecule has 202 valence electrons. The number of nitrogens with one attached hydrogen (secondary N) is 1. The maximum absolute atomic E-state index is 14.4. The van der Waals surface area contributed by atoms with E-state index in [1.54, 1.807) is 50.2 Å². The molecule has 0 heterocycles. The van der Waals surface area contributed by atoms with Crippen LogP contribution in [0.5, 0.6) is 0 Å². The molecule has 0 bridgehead atoms. The molecular formula is C27H35ClFN3O4S. The summed E-state index contributed by atoms with van der Waals surface area (Å²) in [4.78, 5) is 27.7. The van der Waals surface area contributed by atoms with E-state index in [-0.39, 0.29) is 43.8 Å². The van der Waals surface area contributed by atoms with Crippen molar-refractivity contribution in [2.75, 3.05) is 17.1 Å². The average molecular weight is 552 g/mol. The highest BCUT2D eigenvalue weighted by Crippen LogP contribution is 2.28. The number of anilines is 1. The molecule has 3 rings (SSSR count). The summed E-state index contributed by atoms with van der Waals surface area (Å²) in [5.41, 5.74) is 1.39. The van der Waals surface area contributed by atoms with Gasteiger partial charge in [0.2, 0.25) is 21.8 Å². The van der Waals surface area contributed by atoms with Gasteiger partial charge in [-0.05, 0) is 56.9 Å². The number of sulfonamides is 1. The van der Waals surface area contributed by atoms with E-state index in [0.29, 0.717) is 21.8 Å². The van der Waals surface area contributed by atoms with Crippen LogP contribution in [-0.4, -0.2) is 50.0 Å². The first-order valence-corrected chi connectivity index (χ1v) is 14.8. The van der Waals surface area contributed by atoms with Crippen LogP contribution in [0, 0.1) is 12.7 Å². The smallest absolute Gasteiger partial charge is 0.242 e. The van der Waals surface area contributed by atoms with Crippen LogP contribution in [-0.2, 0) is 26.2 Å². The molecule has 0 saturated heterocycles. The van der Waals surface area contributed by atoms with Crippen molar-refractivity contribution in [2.24, 2.45) is 0 Å². The van der Waals surface area contributed by atoms with Crippen molar-refractivity contribution < 1.29 is 22.4 Å². The number of benzene rings is 2. The Labute approximate surface area is 224 Å². The van der Waals surface area contributed by atoms with Gasteiger partial charge in [0, 0.05) is 36.1 Å². The average Bonchev–Trinajstić information content (AvgIpc) is 3.35. The van der Waals surface area contributed by atoms with Gasteiger partial charge < -0.3 is 10.2 Å². The van der Waals surface area contributed by atoms with Crippen LogP contribution in [0.15, 0.2) is 42.5 Å². The molecule has 1 fully saturated rings. The van der Waals surface area contributed by atoms with E-state index in [9.17, 15) is 22.4 Å². The predicted octanol–water partition coefficient (Wildman–Crippen LogP) is 4.81. The lowest BCUT2D eigenvalue weighted by molar-refractivity contribution is -0.141. The number of carbonyl (C=O) groups excluding carboxylic acids is 2. The van der Waals surface area contributed by atoms with Gasteiger partial charge in [-0.2, -0.15) is 0 Å². The molecule has 2 aromatic carbocycles.